The number of carbonyl (C=O) groups excluding carboxylic acids is 2. The van der Waals surface area contributed by atoms with Gasteiger partial charge in [-0.05, 0) is 17.0 Å². The van der Waals surface area contributed by atoms with Crippen LogP contribution in [-0.2, 0) is 20.8 Å². The average molecular weight is 463 g/mol. The molecule has 0 bridgehead atoms. The second-order valence-corrected chi connectivity index (χ2v) is 8.75. The van der Waals surface area contributed by atoms with Crippen molar-refractivity contribution in [2.45, 2.75) is 17.8 Å². The van der Waals surface area contributed by atoms with Crippen LogP contribution in [0.1, 0.15) is 5.56 Å². The number of nitrogens with zero attached hydrogens (tertiary/aromatic N) is 2. The smallest absolute Gasteiger partial charge is 0.353 e. The van der Waals surface area contributed by atoms with E-state index in [2.05, 4.69) is 10.3 Å². The largest absolute Gasteiger partial charge is 0.477 e. The predicted octanol–water partition coefficient (Wildman–Crippen LogP) is 0.522. The van der Waals surface area contributed by atoms with Crippen LogP contribution in [0.2, 0.25) is 0 Å². The van der Waals surface area contributed by atoms with E-state index in [1.54, 1.807) is 5.41 Å². The van der Waals surface area contributed by atoms with Crippen molar-refractivity contribution in [3.8, 4) is 0 Å². The minimum atomic E-state index is -1.20. The van der Waals surface area contributed by atoms with Crippen molar-refractivity contribution in [3.63, 3.8) is 0 Å². The van der Waals surface area contributed by atoms with Gasteiger partial charge in [0.05, 0.1) is 19.6 Å². The van der Waals surface area contributed by atoms with Crippen molar-refractivity contribution >= 4 is 47.1 Å². The van der Waals surface area contributed by atoms with Crippen LogP contribution in [0.4, 0.5) is 0 Å². The highest BCUT2D eigenvalue weighted by atomic mass is 32.2. The lowest BCUT2D eigenvalue weighted by Gasteiger charge is -2.49. The molecule has 11 heteroatoms. The second-order valence-electron chi connectivity index (χ2n) is 6.65. The van der Waals surface area contributed by atoms with E-state index in [1.807, 2.05) is 30.3 Å². The zero-order chi connectivity index (χ0) is 22.4. The van der Waals surface area contributed by atoms with Crippen LogP contribution in [0.15, 0.2) is 57.4 Å². The highest BCUT2D eigenvalue weighted by Gasteiger charge is 2.54. The Morgan fingerprint density at radius 2 is 2.10 bits per heavy atom. The van der Waals surface area contributed by atoms with Crippen LogP contribution in [-0.4, -0.2) is 69.1 Å². The fourth-order valence-corrected chi connectivity index (χ4v) is 5.44. The number of hydrogen-bond donors (Lipinski definition) is 4. The summed E-state index contributed by atoms with van der Waals surface area (Å²) in [6.07, 6.45) is 1.66. The van der Waals surface area contributed by atoms with Gasteiger partial charge in [-0.3, -0.25) is 19.5 Å². The number of carbonyl (C=O) groups is 3. The van der Waals surface area contributed by atoms with Crippen molar-refractivity contribution in [1.82, 2.24) is 10.2 Å². The second kappa shape index (κ2) is 10.5. The summed E-state index contributed by atoms with van der Waals surface area (Å²) in [4.78, 5) is 42.5. The monoisotopic (exact) mass is 462 g/mol. The number of hydrogen-bond acceptors (Lipinski definition) is 7. The molecule has 0 aromatic heterocycles. The van der Waals surface area contributed by atoms with E-state index in [9.17, 15) is 19.5 Å². The van der Waals surface area contributed by atoms with Crippen molar-refractivity contribution in [1.29, 1.82) is 0 Å². The Balaban J connectivity index is 1.66. The predicted molar refractivity (Wildman–Crippen MR) is 120 cm³/mol. The molecule has 5 N–H and O–H groups in total. The Morgan fingerprint density at radius 3 is 2.77 bits per heavy atom. The number of β-lactam (4-membered cyclic amide) rings is 1. The molecule has 164 valence electrons. The molecule has 2 atom stereocenters. The molecular weight excluding hydrogens is 440 g/mol. The Hall–Kier alpha value is -2.76. The maximum Gasteiger partial charge on any atom is 0.353 e. The van der Waals surface area contributed by atoms with Gasteiger partial charge in [0, 0.05) is 10.7 Å². The first-order valence-corrected chi connectivity index (χ1v) is 11.3. The number of aliphatic imine (C=N–C) groups is 1. The standard InChI is InChI=1S/C20H22N4O5S2/c21-14(22-7-8-25)6-9-30-13-11-31-19-16(18(27)24(19)17(13)20(28)29)23-15(26)10-12-4-2-1-3-5-12/h1-6,9,16,19,25H,7-8,10-11H2,(H2,21,22)(H,23,26)(H,28,29)/b9-6+/t16?,19-/m1/s1. The van der Waals surface area contributed by atoms with E-state index in [-0.39, 0.29) is 37.0 Å². The van der Waals surface area contributed by atoms with Crippen molar-refractivity contribution in [2.24, 2.45) is 10.7 Å². The molecule has 2 amide bonds. The van der Waals surface area contributed by atoms with Gasteiger partial charge in [-0.1, -0.05) is 42.1 Å². The number of nitrogens with one attached hydrogen (secondary N) is 1. The number of thioether (sulfide) groups is 2. The molecule has 0 spiro atoms. The number of aliphatic hydroxyl groups excluding tert-OH is 1. The zero-order valence-corrected chi connectivity index (χ0v) is 18.1. The molecule has 1 unspecified atom stereocenters. The van der Waals surface area contributed by atoms with Gasteiger partial charge in [0.15, 0.2) is 0 Å². The number of nitrogens with two attached hydrogens (primary N) is 1. The third kappa shape index (κ3) is 5.49. The van der Waals surface area contributed by atoms with Crippen LogP contribution in [0.5, 0.6) is 0 Å². The molecule has 0 saturated carbocycles. The number of carboxylic acids is 1. The molecule has 2 aliphatic rings. The van der Waals surface area contributed by atoms with Gasteiger partial charge in [-0.2, -0.15) is 0 Å². The summed E-state index contributed by atoms with van der Waals surface area (Å²) in [5.74, 6) is -1.34. The van der Waals surface area contributed by atoms with Gasteiger partial charge >= 0.3 is 5.97 Å². The van der Waals surface area contributed by atoms with Gasteiger partial charge < -0.3 is 21.3 Å². The molecule has 0 radical (unpaired) electrons. The highest BCUT2D eigenvalue weighted by molar-refractivity contribution is 8.08. The third-order valence-electron chi connectivity index (χ3n) is 4.50. The number of rotatable bonds is 9. The molecule has 1 aromatic rings. The molecular formula is C20H22N4O5S2. The Morgan fingerprint density at radius 1 is 1.35 bits per heavy atom. The number of amides is 2. The third-order valence-corrected chi connectivity index (χ3v) is 6.86. The number of aliphatic hydroxyl groups is 1. The van der Waals surface area contributed by atoms with Crippen molar-refractivity contribution < 1.29 is 24.6 Å². The van der Waals surface area contributed by atoms with Gasteiger partial charge in [0.2, 0.25) is 5.91 Å². The van der Waals surface area contributed by atoms with Gasteiger partial charge in [-0.15, -0.1) is 11.8 Å². The van der Waals surface area contributed by atoms with Gasteiger partial charge in [-0.25, -0.2) is 4.79 Å². The Bertz CT molecular complexity index is 948. The first kappa shape index (κ1) is 22.9. The summed E-state index contributed by atoms with van der Waals surface area (Å²) in [5, 5.41) is 22.3. The van der Waals surface area contributed by atoms with E-state index in [0.717, 1.165) is 17.3 Å². The van der Waals surface area contributed by atoms with E-state index < -0.39 is 23.3 Å². The van der Waals surface area contributed by atoms with Crippen LogP contribution in [0.25, 0.3) is 0 Å². The Kier molecular flexibility index (Phi) is 7.77. The summed E-state index contributed by atoms with van der Waals surface area (Å²) >= 11 is 2.54. The highest BCUT2D eigenvalue weighted by Crippen LogP contribution is 2.43. The first-order chi connectivity index (χ1) is 14.9. The summed E-state index contributed by atoms with van der Waals surface area (Å²) in [6, 6.07) is 8.42. The molecule has 1 fully saturated rings. The van der Waals surface area contributed by atoms with Crippen LogP contribution in [0, 0.1) is 0 Å². The number of aliphatic carboxylic acids is 1. The molecule has 0 aliphatic carbocycles. The van der Waals surface area contributed by atoms with E-state index in [0.29, 0.717) is 10.7 Å². The summed E-state index contributed by atoms with van der Waals surface area (Å²) in [6.45, 7) is 0.0647. The number of fused-ring (bicyclic) bond motifs is 1. The van der Waals surface area contributed by atoms with E-state index >= 15 is 0 Å². The fourth-order valence-electron chi connectivity index (χ4n) is 3.10. The normalized spacial score (nSPS) is 21.1. The molecule has 31 heavy (non-hydrogen) atoms. The fraction of sp³-hybridized carbons (Fsp3) is 0.300. The van der Waals surface area contributed by atoms with Crippen LogP contribution >= 0.6 is 23.5 Å². The van der Waals surface area contributed by atoms with Gasteiger partial charge in [0.1, 0.15) is 22.9 Å². The van der Waals surface area contributed by atoms with E-state index in [1.165, 1.54) is 22.7 Å². The maximum absolute atomic E-state index is 12.7. The number of benzene rings is 1. The lowest BCUT2D eigenvalue weighted by Crippen LogP contribution is -2.70. The van der Waals surface area contributed by atoms with Gasteiger partial charge in [0.25, 0.3) is 5.91 Å². The van der Waals surface area contributed by atoms with Crippen molar-refractivity contribution in [2.75, 3.05) is 18.9 Å². The quantitative estimate of drug-likeness (QED) is 0.236. The lowest BCUT2D eigenvalue weighted by atomic mass is 10.0. The molecule has 1 aromatic carbocycles. The molecule has 3 rings (SSSR count). The zero-order valence-electron chi connectivity index (χ0n) is 16.4. The molecule has 2 aliphatic heterocycles. The van der Waals surface area contributed by atoms with Crippen LogP contribution in [0.3, 0.4) is 0 Å². The minimum absolute atomic E-state index is 0.0807. The maximum atomic E-state index is 12.7. The minimum Gasteiger partial charge on any atom is -0.477 e. The topological polar surface area (TPSA) is 145 Å². The first-order valence-electron chi connectivity index (χ1n) is 9.40. The summed E-state index contributed by atoms with van der Waals surface area (Å²) in [7, 11) is 0. The average Bonchev–Trinajstić information content (AvgIpc) is 2.76. The Labute approximate surface area is 187 Å². The van der Waals surface area contributed by atoms with Crippen LogP contribution < -0.4 is 11.1 Å². The number of amidine groups is 1. The molecule has 1 saturated heterocycles. The summed E-state index contributed by atoms with van der Waals surface area (Å²) in [5.41, 5.74) is 6.42. The SMILES string of the molecule is NC(/C=C/SC1=C(C(=O)O)N2C(=O)C(NC(=O)Cc3ccccc3)[C@H]2SC1)=NCCO. The molecule has 2 heterocycles. The van der Waals surface area contributed by atoms with Crippen molar-refractivity contribution in [3.05, 3.63) is 58.0 Å². The number of carboxylic acid groups (broad SMARTS) is 1. The van der Waals surface area contributed by atoms with E-state index in [4.69, 9.17) is 10.8 Å². The lowest BCUT2D eigenvalue weighted by molar-refractivity contribution is -0.150. The summed E-state index contributed by atoms with van der Waals surface area (Å²) < 4.78 is 0. The molecule has 9 nitrogen and oxygen atoms in total.